The van der Waals surface area contributed by atoms with E-state index in [1.807, 2.05) is 50.2 Å². The van der Waals surface area contributed by atoms with Crippen LogP contribution in [0.4, 0.5) is 5.69 Å². The predicted octanol–water partition coefficient (Wildman–Crippen LogP) is 3.03. The molecule has 0 fully saturated rings. The molecule has 0 bridgehead atoms. The van der Waals surface area contributed by atoms with Crippen LogP contribution in [0.25, 0.3) is 0 Å². The third-order valence-electron chi connectivity index (χ3n) is 4.64. The van der Waals surface area contributed by atoms with Crippen molar-refractivity contribution >= 4 is 17.4 Å². The average molecular weight is 384 g/mol. The molecule has 2 rings (SSSR count). The molecule has 2 aromatic rings. The molecule has 28 heavy (non-hydrogen) atoms. The van der Waals surface area contributed by atoms with E-state index < -0.39 is 0 Å². The Bertz CT molecular complexity index is 817. The maximum absolute atomic E-state index is 12.6. The highest BCUT2D eigenvalue weighted by Gasteiger charge is 2.18. The van der Waals surface area contributed by atoms with Gasteiger partial charge < -0.3 is 15.0 Å². The molecular weight excluding hydrogens is 352 g/mol. The molecule has 0 aliphatic rings. The fourth-order valence-corrected chi connectivity index (χ4v) is 3.23. The number of benzene rings is 2. The SMILES string of the molecule is CCC[NH+](CC(=O)Nc1ccccc1C)Cc1cc(C(C)=O)ccc1OCC. The number of carbonyl (C=O) groups is 2. The fraction of sp³-hybridized carbons (Fsp3) is 0.391. The summed E-state index contributed by atoms with van der Waals surface area (Å²) in [5, 5.41) is 3.01. The number of amides is 1. The first-order chi connectivity index (χ1) is 13.4. The van der Waals surface area contributed by atoms with E-state index in [0.29, 0.717) is 25.3 Å². The summed E-state index contributed by atoms with van der Waals surface area (Å²) >= 11 is 0. The number of quaternary nitrogens is 1. The molecule has 1 amide bonds. The van der Waals surface area contributed by atoms with Crippen molar-refractivity contribution < 1.29 is 19.2 Å². The van der Waals surface area contributed by atoms with Crippen molar-refractivity contribution in [3.8, 4) is 5.75 Å². The van der Waals surface area contributed by atoms with Crippen molar-refractivity contribution in [2.45, 2.75) is 40.7 Å². The summed E-state index contributed by atoms with van der Waals surface area (Å²) in [6, 6.07) is 13.3. The number of Topliss-reactive ketones (excluding diaryl/α,β-unsaturated/α-hetero) is 1. The largest absolute Gasteiger partial charge is 0.493 e. The van der Waals surface area contributed by atoms with Gasteiger partial charge in [-0.05, 0) is 57.0 Å². The smallest absolute Gasteiger partial charge is 0.279 e. The van der Waals surface area contributed by atoms with E-state index in [1.165, 1.54) is 0 Å². The van der Waals surface area contributed by atoms with Crippen LogP contribution < -0.4 is 15.0 Å². The van der Waals surface area contributed by atoms with Gasteiger partial charge in [-0.15, -0.1) is 0 Å². The monoisotopic (exact) mass is 383 g/mol. The van der Waals surface area contributed by atoms with Gasteiger partial charge in [0.05, 0.1) is 13.2 Å². The Morgan fingerprint density at radius 3 is 2.50 bits per heavy atom. The van der Waals surface area contributed by atoms with Crippen LogP contribution in [0.2, 0.25) is 0 Å². The lowest BCUT2D eigenvalue weighted by Crippen LogP contribution is -3.11. The zero-order chi connectivity index (χ0) is 20.5. The molecule has 2 N–H and O–H groups in total. The number of carbonyl (C=O) groups excluding carboxylic acids is 2. The number of anilines is 1. The van der Waals surface area contributed by atoms with Gasteiger partial charge in [0.2, 0.25) is 0 Å². The molecule has 150 valence electrons. The van der Waals surface area contributed by atoms with Crippen LogP contribution >= 0.6 is 0 Å². The second kappa shape index (κ2) is 10.6. The Balaban J connectivity index is 2.15. The number of hydrogen-bond acceptors (Lipinski definition) is 3. The topological polar surface area (TPSA) is 59.8 Å². The van der Waals surface area contributed by atoms with E-state index in [9.17, 15) is 9.59 Å². The minimum atomic E-state index is -0.0153. The van der Waals surface area contributed by atoms with Crippen LogP contribution in [-0.4, -0.2) is 31.4 Å². The van der Waals surface area contributed by atoms with Crippen molar-refractivity contribution in [1.29, 1.82) is 0 Å². The molecule has 0 radical (unpaired) electrons. The maximum atomic E-state index is 12.6. The second-order valence-corrected chi connectivity index (χ2v) is 7.03. The van der Waals surface area contributed by atoms with Crippen molar-refractivity contribution in [3.63, 3.8) is 0 Å². The van der Waals surface area contributed by atoms with Crippen LogP contribution in [0.15, 0.2) is 42.5 Å². The molecule has 0 aliphatic carbocycles. The van der Waals surface area contributed by atoms with Crippen molar-refractivity contribution in [2.24, 2.45) is 0 Å². The molecular formula is C23H31N2O3+. The molecule has 0 aliphatic heterocycles. The molecule has 5 nitrogen and oxygen atoms in total. The Kier molecular flexibility index (Phi) is 8.20. The summed E-state index contributed by atoms with van der Waals surface area (Å²) in [6.45, 7) is 9.99. The molecule has 0 saturated carbocycles. The molecule has 1 atom stereocenters. The highest BCUT2D eigenvalue weighted by molar-refractivity contribution is 5.94. The minimum Gasteiger partial charge on any atom is -0.493 e. The molecule has 2 aromatic carbocycles. The number of para-hydroxylation sites is 1. The van der Waals surface area contributed by atoms with E-state index in [1.54, 1.807) is 13.0 Å². The summed E-state index contributed by atoms with van der Waals surface area (Å²) in [5.41, 5.74) is 3.51. The van der Waals surface area contributed by atoms with Gasteiger partial charge in [0.25, 0.3) is 5.91 Å². The first-order valence-corrected chi connectivity index (χ1v) is 9.90. The number of ether oxygens (including phenoxy) is 1. The van der Waals surface area contributed by atoms with Crippen LogP contribution in [-0.2, 0) is 11.3 Å². The highest BCUT2D eigenvalue weighted by atomic mass is 16.5. The van der Waals surface area contributed by atoms with E-state index in [4.69, 9.17) is 4.74 Å². The van der Waals surface area contributed by atoms with Gasteiger partial charge in [0, 0.05) is 16.8 Å². The van der Waals surface area contributed by atoms with Crippen LogP contribution in [0.5, 0.6) is 5.75 Å². The number of nitrogens with one attached hydrogen (secondary N) is 2. The predicted molar refractivity (Wildman–Crippen MR) is 112 cm³/mol. The quantitative estimate of drug-likeness (QED) is 0.620. The summed E-state index contributed by atoms with van der Waals surface area (Å²) in [5.74, 6) is 0.789. The zero-order valence-electron chi connectivity index (χ0n) is 17.3. The van der Waals surface area contributed by atoms with Crippen LogP contribution in [0.3, 0.4) is 0 Å². The van der Waals surface area contributed by atoms with Crippen LogP contribution in [0, 0.1) is 6.92 Å². The minimum absolute atomic E-state index is 0.0153. The number of rotatable bonds is 10. The van der Waals surface area contributed by atoms with Gasteiger partial charge in [-0.1, -0.05) is 25.1 Å². The molecule has 0 spiro atoms. The Hall–Kier alpha value is -2.66. The second-order valence-electron chi connectivity index (χ2n) is 7.03. The Labute approximate surface area is 167 Å². The number of hydrogen-bond donors (Lipinski definition) is 2. The molecule has 1 unspecified atom stereocenters. The van der Waals surface area contributed by atoms with Gasteiger partial charge in [-0.3, -0.25) is 9.59 Å². The zero-order valence-corrected chi connectivity index (χ0v) is 17.3. The Morgan fingerprint density at radius 2 is 1.86 bits per heavy atom. The van der Waals surface area contributed by atoms with Gasteiger partial charge in [0.1, 0.15) is 12.3 Å². The first-order valence-electron chi connectivity index (χ1n) is 9.90. The third kappa shape index (κ3) is 6.20. The summed E-state index contributed by atoms with van der Waals surface area (Å²) in [6.07, 6.45) is 0.962. The molecule has 5 heteroatoms. The number of aryl methyl sites for hydroxylation is 1. The average Bonchev–Trinajstić information content (AvgIpc) is 2.65. The highest BCUT2D eigenvalue weighted by Crippen LogP contribution is 2.20. The van der Waals surface area contributed by atoms with Gasteiger partial charge in [0.15, 0.2) is 12.3 Å². The van der Waals surface area contributed by atoms with Crippen molar-refractivity contribution in [3.05, 3.63) is 59.2 Å². The molecule has 0 aromatic heterocycles. The van der Waals surface area contributed by atoms with E-state index >= 15 is 0 Å². The van der Waals surface area contributed by atoms with Crippen molar-refractivity contribution in [1.82, 2.24) is 0 Å². The summed E-state index contributed by atoms with van der Waals surface area (Å²) in [4.78, 5) is 25.5. The lowest BCUT2D eigenvalue weighted by atomic mass is 10.1. The molecule has 0 heterocycles. The third-order valence-corrected chi connectivity index (χ3v) is 4.64. The van der Waals surface area contributed by atoms with E-state index in [0.717, 1.165) is 40.4 Å². The van der Waals surface area contributed by atoms with E-state index in [-0.39, 0.29) is 11.7 Å². The summed E-state index contributed by atoms with van der Waals surface area (Å²) < 4.78 is 5.74. The van der Waals surface area contributed by atoms with Crippen molar-refractivity contribution in [2.75, 3.05) is 25.0 Å². The Morgan fingerprint density at radius 1 is 1.11 bits per heavy atom. The summed E-state index contributed by atoms with van der Waals surface area (Å²) in [7, 11) is 0. The number of ketones is 1. The van der Waals surface area contributed by atoms with E-state index in [2.05, 4.69) is 12.2 Å². The lowest BCUT2D eigenvalue weighted by Gasteiger charge is -2.21. The lowest BCUT2D eigenvalue weighted by molar-refractivity contribution is -0.905. The standard InChI is InChI=1S/C23H30N2O3/c1-5-13-25(16-23(27)24-21-10-8-7-9-17(21)3)15-20-14-19(18(4)26)11-12-22(20)28-6-2/h7-12,14H,5-6,13,15-16H2,1-4H3,(H,24,27)/p+1. The fourth-order valence-electron chi connectivity index (χ4n) is 3.23. The normalized spacial score (nSPS) is 11.7. The van der Waals surface area contributed by atoms with Crippen LogP contribution in [0.1, 0.15) is 48.7 Å². The van der Waals surface area contributed by atoms with Gasteiger partial charge >= 0.3 is 0 Å². The van der Waals surface area contributed by atoms with Gasteiger partial charge in [-0.2, -0.15) is 0 Å². The molecule has 0 saturated heterocycles. The van der Waals surface area contributed by atoms with Gasteiger partial charge in [-0.25, -0.2) is 0 Å². The maximum Gasteiger partial charge on any atom is 0.279 e. The first kappa shape index (κ1) is 21.6.